The smallest absolute Gasteiger partial charge is 0.324 e. The molecule has 0 spiro atoms. The summed E-state index contributed by atoms with van der Waals surface area (Å²) in [7, 11) is 3.32. The zero-order valence-electron chi connectivity index (χ0n) is 39.7. The Labute approximate surface area is 383 Å². The van der Waals surface area contributed by atoms with E-state index in [2.05, 4.69) is 77.9 Å². The Bertz CT molecular complexity index is 2370. The van der Waals surface area contributed by atoms with Gasteiger partial charge >= 0.3 is 5.97 Å². The van der Waals surface area contributed by atoms with Gasteiger partial charge < -0.3 is 29.2 Å². The number of amides is 4. The molecule has 350 valence electrons. The van der Waals surface area contributed by atoms with Crippen molar-refractivity contribution in [2.45, 2.75) is 104 Å². The van der Waals surface area contributed by atoms with Crippen molar-refractivity contribution in [3.05, 3.63) is 72.1 Å². The fourth-order valence-electron chi connectivity index (χ4n) is 10.1. The number of ether oxygens (including phenoxy) is 2. The zero-order valence-corrected chi connectivity index (χ0v) is 39.7. The molecule has 6 heterocycles. The van der Waals surface area contributed by atoms with Crippen LogP contribution in [-0.2, 0) is 52.0 Å². The van der Waals surface area contributed by atoms with Crippen molar-refractivity contribution in [3.63, 3.8) is 0 Å². The second-order valence-corrected chi connectivity index (χ2v) is 19.8. The summed E-state index contributed by atoms with van der Waals surface area (Å²) in [4.78, 5) is 79.3. The number of aryl methyl sites for hydroxylation is 1. The highest BCUT2D eigenvalue weighted by Crippen LogP contribution is 2.42. The van der Waals surface area contributed by atoms with E-state index in [9.17, 15) is 24.0 Å². The van der Waals surface area contributed by atoms with E-state index < -0.39 is 46.9 Å². The van der Waals surface area contributed by atoms with Gasteiger partial charge in [0, 0.05) is 88.0 Å². The van der Waals surface area contributed by atoms with Gasteiger partial charge in [-0.1, -0.05) is 46.4 Å². The molecule has 3 aromatic rings. The van der Waals surface area contributed by atoms with Crippen molar-refractivity contribution >= 4 is 46.1 Å². The maximum absolute atomic E-state index is 14.6. The minimum absolute atomic E-state index is 0.143. The summed E-state index contributed by atoms with van der Waals surface area (Å²) >= 11 is 0. The van der Waals surface area contributed by atoms with Crippen LogP contribution in [-0.4, -0.2) is 137 Å². The summed E-state index contributed by atoms with van der Waals surface area (Å²) in [5.74, 6) is -2.47. The lowest BCUT2D eigenvalue weighted by atomic mass is 9.83. The van der Waals surface area contributed by atoms with E-state index in [1.54, 1.807) is 25.3 Å². The Balaban J connectivity index is 1.24. The molecular weight excluding hydrogens is 825 g/mol. The van der Waals surface area contributed by atoms with Crippen LogP contribution in [0.3, 0.4) is 0 Å². The van der Waals surface area contributed by atoms with Crippen LogP contribution in [0.4, 0.5) is 0 Å². The number of hydrogen-bond donors (Lipinski definition) is 2. The number of carbonyl (C=O) groups is 5. The quantitative estimate of drug-likeness (QED) is 0.211. The van der Waals surface area contributed by atoms with E-state index in [1.807, 2.05) is 33.8 Å². The van der Waals surface area contributed by atoms with Gasteiger partial charge in [-0.3, -0.25) is 38.9 Å². The normalized spacial score (nSPS) is 23.2. The predicted molar refractivity (Wildman–Crippen MR) is 250 cm³/mol. The third-order valence-corrected chi connectivity index (χ3v) is 13.7. The van der Waals surface area contributed by atoms with E-state index >= 15 is 0 Å². The average molecular weight is 893 g/mol. The lowest BCUT2D eigenvalue weighted by molar-refractivity contribution is -0.155. The second kappa shape index (κ2) is 19.2. The number of nitrogens with zero attached hydrogens (tertiary/aromatic N) is 6. The van der Waals surface area contributed by atoms with Gasteiger partial charge in [0.05, 0.1) is 23.9 Å². The molecule has 0 aliphatic carbocycles. The fourth-order valence-corrected chi connectivity index (χ4v) is 10.1. The van der Waals surface area contributed by atoms with Gasteiger partial charge in [-0.25, -0.2) is 5.43 Å². The molecule has 1 aromatic carbocycles. The highest BCUT2D eigenvalue weighted by molar-refractivity contribution is 5.96. The molecule has 2 fully saturated rings. The molecule has 2 aromatic heterocycles. The van der Waals surface area contributed by atoms with Crippen molar-refractivity contribution in [3.8, 4) is 11.3 Å². The van der Waals surface area contributed by atoms with Gasteiger partial charge in [-0.15, -0.1) is 0 Å². The number of cyclic esters (lactones) is 1. The van der Waals surface area contributed by atoms with Crippen molar-refractivity contribution in [2.75, 3.05) is 60.0 Å². The maximum atomic E-state index is 14.6. The lowest BCUT2D eigenvalue weighted by Gasteiger charge is -2.37. The van der Waals surface area contributed by atoms with E-state index in [0.29, 0.717) is 58.4 Å². The Kier molecular flexibility index (Phi) is 14.1. The third-order valence-electron chi connectivity index (χ3n) is 13.7. The molecule has 4 aliphatic heterocycles. The van der Waals surface area contributed by atoms with Gasteiger partial charge in [-0.05, 0) is 99.4 Å². The maximum Gasteiger partial charge on any atom is 0.324 e. The standard InChI is InChI=1S/C50H68N8O7/c1-11-41(59)56-24-20-34(28-56)46(61)54(9)42(31(3)4)45(60)52-39-29-55-23-19-33(27-55)32-17-18-40-36(25-32)37(43(57(40)12-2)35-15-13-21-51-44(35)50(7,8)64-10)26-49(5,6)30-65-48(63)38-16-14-22-58(53-38)47(39)62/h11,13,15,17-19,21,25,31,34,38-39,42,53H,1,12,14,16,20,22-24,26-30H2,2-10H3,(H,52,60)/t34-,38-,39?,42-/m0/s1. The topological polar surface area (TPSA) is 159 Å². The van der Waals surface area contributed by atoms with Crippen LogP contribution in [0.2, 0.25) is 0 Å². The van der Waals surface area contributed by atoms with Gasteiger partial charge in [0.25, 0.3) is 5.91 Å². The molecule has 0 radical (unpaired) electrons. The molecule has 0 saturated carbocycles. The number of methoxy groups -OCH3 is 1. The van der Waals surface area contributed by atoms with E-state index in [1.165, 1.54) is 16.0 Å². The van der Waals surface area contributed by atoms with E-state index in [4.69, 9.17) is 14.5 Å². The highest BCUT2D eigenvalue weighted by atomic mass is 16.5. The number of fused-ring (bicyclic) bond motifs is 6. The van der Waals surface area contributed by atoms with E-state index in [-0.39, 0.29) is 43.3 Å². The minimum Gasteiger partial charge on any atom is -0.464 e. The van der Waals surface area contributed by atoms with Crippen LogP contribution in [0.5, 0.6) is 0 Å². The number of esters is 1. The molecule has 2 N–H and O–H groups in total. The molecular formula is C50H68N8O7. The number of nitrogens with one attached hydrogen (secondary N) is 2. The Morgan fingerprint density at radius 3 is 2.62 bits per heavy atom. The third kappa shape index (κ3) is 9.78. The Morgan fingerprint density at radius 2 is 1.91 bits per heavy atom. The largest absolute Gasteiger partial charge is 0.464 e. The molecule has 4 aliphatic rings. The van der Waals surface area contributed by atoms with Crippen LogP contribution in [0.25, 0.3) is 27.7 Å². The van der Waals surface area contributed by atoms with Gasteiger partial charge in [0.1, 0.15) is 23.7 Å². The number of carbonyl (C=O) groups excluding carboxylic acids is 5. The first-order valence-corrected chi connectivity index (χ1v) is 23.2. The van der Waals surface area contributed by atoms with E-state index in [0.717, 1.165) is 44.6 Å². The Morgan fingerprint density at radius 1 is 1.14 bits per heavy atom. The summed E-state index contributed by atoms with van der Waals surface area (Å²) in [5, 5.41) is 5.63. The molecule has 15 heteroatoms. The summed E-state index contributed by atoms with van der Waals surface area (Å²) in [6.45, 7) is 20.9. The first-order chi connectivity index (χ1) is 30.9. The molecule has 15 nitrogen and oxygen atoms in total. The fraction of sp³-hybridized carbons (Fsp3) is 0.560. The van der Waals surface area contributed by atoms with Crippen molar-refractivity contribution < 1.29 is 33.4 Å². The SMILES string of the molecule is C=CC(=O)N1CC[C@H](C(=O)N(C)[C@H](C(=O)NC2CN3CC=C(C3)c3ccc4c(c3)c(c(-c3cccnc3C(C)(C)OC)n4CC)CC(C)(C)COC(=O)[C@@H]3CCCN(N3)C2=O)C(C)C)C1. The summed E-state index contributed by atoms with van der Waals surface area (Å²) in [6, 6.07) is 8.03. The molecule has 7 rings (SSSR count). The van der Waals surface area contributed by atoms with Crippen LogP contribution in [0, 0.1) is 17.3 Å². The molecule has 5 atom stereocenters. The number of hydrazine groups is 1. The predicted octanol–water partition coefficient (Wildman–Crippen LogP) is 4.93. The molecule has 2 unspecified atom stereocenters. The molecule has 65 heavy (non-hydrogen) atoms. The number of hydrogen-bond acceptors (Lipinski definition) is 10. The first kappa shape index (κ1) is 47.6. The monoisotopic (exact) mass is 893 g/mol. The number of benzene rings is 1. The zero-order chi connectivity index (χ0) is 47.0. The lowest BCUT2D eigenvalue weighted by Crippen LogP contribution is -2.63. The molecule has 4 amide bonds. The first-order valence-electron chi connectivity index (χ1n) is 23.2. The van der Waals surface area contributed by atoms with Crippen LogP contribution < -0.4 is 10.7 Å². The second-order valence-electron chi connectivity index (χ2n) is 19.8. The van der Waals surface area contributed by atoms with Crippen molar-refractivity contribution in [1.82, 2.24) is 40.0 Å². The van der Waals surface area contributed by atoms with Crippen LogP contribution in [0.1, 0.15) is 84.5 Å². The number of likely N-dealkylation sites (N-methyl/N-ethyl adjacent to an activating group) is 1. The average Bonchev–Trinajstić information content (AvgIpc) is 4.05. The van der Waals surface area contributed by atoms with Crippen molar-refractivity contribution in [2.24, 2.45) is 17.3 Å². The van der Waals surface area contributed by atoms with Gasteiger partial charge in [0.15, 0.2) is 0 Å². The van der Waals surface area contributed by atoms with Gasteiger partial charge in [-0.2, -0.15) is 0 Å². The Hall–Kier alpha value is -5.38. The van der Waals surface area contributed by atoms with Crippen LogP contribution >= 0.6 is 0 Å². The van der Waals surface area contributed by atoms with Crippen LogP contribution in [0.15, 0.2) is 55.3 Å². The molecule has 6 bridgehead atoms. The van der Waals surface area contributed by atoms with Crippen molar-refractivity contribution in [1.29, 1.82) is 0 Å². The summed E-state index contributed by atoms with van der Waals surface area (Å²) < 4.78 is 14.5. The number of rotatable bonds is 10. The highest BCUT2D eigenvalue weighted by Gasteiger charge is 2.41. The number of likely N-dealkylation sites (tertiary alicyclic amines) is 1. The summed E-state index contributed by atoms with van der Waals surface area (Å²) in [5.41, 5.74) is 9.27. The van der Waals surface area contributed by atoms with Gasteiger partial charge in [0.2, 0.25) is 17.7 Å². The number of pyridine rings is 1. The number of aromatic nitrogens is 2. The molecule has 2 saturated heterocycles. The minimum atomic E-state index is -1.01. The summed E-state index contributed by atoms with van der Waals surface area (Å²) in [6.07, 6.45) is 7.37.